The number of carbonyl (C=O) groups excluding carboxylic acids is 1. The van der Waals surface area contributed by atoms with E-state index in [2.05, 4.69) is 4.74 Å². The van der Waals surface area contributed by atoms with Gasteiger partial charge in [0.15, 0.2) is 11.4 Å². The maximum atomic E-state index is 12.1. The van der Waals surface area contributed by atoms with Gasteiger partial charge in [0.2, 0.25) is 0 Å². The van der Waals surface area contributed by atoms with Gasteiger partial charge < -0.3 is 9.29 Å². The molecule has 0 aliphatic rings. The zero-order chi connectivity index (χ0) is 13.9. The van der Waals surface area contributed by atoms with Crippen molar-refractivity contribution in [3.05, 3.63) is 28.8 Å². The lowest BCUT2D eigenvalue weighted by molar-refractivity contribution is -0.0428. The van der Waals surface area contributed by atoms with Crippen LogP contribution in [0.5, 0.6) is 0 Å². The summed E-state index contributed by atoms with van der Waals surface area (Å²) in [5.41, 5.74) is -5.45. The van der Waals surface area contributed by atoms with Crippen LogP contribution in [0.25, 0.3) is 0 Å². The first kappa shape index (κ1) is 14.9. The summed E-state index contributed by atoms with van der Waals surface area (Å²) >= 11 is 2.29. The molecular formula is C9H7ClF3NO3S. The van der Waals surface area contributed by atoms with Crippen molar-refractivity contribution in [2.75, 3.05) is 11.8 Å². The summed E-state index contributed by atoms with van der Waals surface area (Å²) in [5, 5.41) is 0.138. The van der Waals surface area contributed by atoms with Gasteiger partial charge in [-0.3, -0.25) is 0 Å². The molecule has 100 valence electrons. The predicted molar refractivity (Wildman–Crippen MR) is 60.6 cm³/mol. The Balaban J connectivity index is 3.05. The van der Waals surface area contributed by atoms with Crippen LogP contribution in [0.1, 0.15) is 10.4 Å². The average Bonchev–Trinajstić information content (AvgIpc) is 2.29. The van der Waals surface area contributed by atoms with Crippen molar-refractivity contribution in [1.29, 1.82) is 0 Å². The second-order valence-corrected chi connectivity index (χ2v) is 4.64. The first-order chi connectivity index (χ1) is 8.25. The molecular weight excluding hydrogens is 295 g/mol. The van der Waals surface area contributed by atoms with Crippen molar-refractivity contribution in [3.63, 3.8) is 0 Å². The Kier molecular flexibility index (Phi) is 4.71. The number of nitrogens with one attached hydrogen (secondary N) is 1. The van der Waals surface area contributed by atoms with Gasteiger partial charge in [0.1, 0.15) is 0 Å². The van der Waals surface area contributed by atoms with Crippen molar-refractivity contribution in [3.8, 4) is 0 Å². The molecule has 0 aliphatic carbocycles. The average molecular weight is 302 g/mol. The number of rotatable bonds is 3. The van der Waals surface area contributed by atoms with E-state index < -0.39 is 22.8 Å². The number of benzene rings is 1. The van der Waals surface area contributed by atoms with E-state index in [-0.39, 0.29) is 16.3 Å². The van der Waals surface area contributed by atoms with Crippen molar-refractivity contribution >= 4 is 34.6 Å². The Morgan fingerprint density at radius 2 is 2.11 bits per heavy atom. The van der Waals surface area contributed by atoms with E-state index in [4.69, 9.17) is 11.6 Å². The van der Waals surface area contributed by atoms with Gasteiger partial charge >= 0.3 is 11.5 Å². The van der Waals surface area contributed by atoms with E-state index in [1.54, 1.807) is 4.72 Å². The molecule has 18 heavy (non-hydrogen) atoms. The van der Waals surface area contributed by atoms with Crippen molar-refractivity contribution in [1.82, 2.24) is 0 Å². The van der Waals surface area contributed by atoms with Crippen LogP contribution in [-0.2, 0) is 16.1 Å². The second-order valence-electron chi connectivity index (χ2n) is 3.00. The topological polar surface area (TPSA) is 61.4 Å². The molecule has 0 fully saturated rings. The smallest absolute Gasteiger partial charge is 0.586 e. The number of halogens is 4. The van der Waals surface area contributed by atoms with Gasteiger partial charge in [0.05, 0.1) is 18.4 Å². The van der Waals surface area contributed by atoms with Crippen molar-refractivity contribution in [2.45, 2.75) is 5.51 Å². The molecule has 0 amide bonds. The van der Waals surface area contributed by atoms with Gasteiger partial charge in [-0.1, -0.05) is 11.6 Å². The molecule has 0 heterocycles. The number of carbonyl (C=O) groups is 1. The van der Waals surface area contributed by atoms with Crippen molar-refractivity contribution in [2.24, 2.45) is 0 Å². The maximum Gasteiger partial charge on any atom is 0.598 e. The third kappa shape index (κ3) is 3.69. The Bertz CT molecular complexity index is 455. The molecule has 0 aromatic heterocycles. The van der Waals surface area contributed by atoms with E-state index in [9.17, 15) is 22.5 Å². The summed E-state index contributed by atoms with van der Waals surface area (Å²) in [7, 11) is 1.06. The maximum absolute atomic E-state index is 12.1. The normalized spacial score (nSPS) is 13.0. The number of hydrogen-bond acceptors (Lipinski definition) is 4. The third-order valence-electron chi connectivity index (χ3n) is 1.80. The summed E-state index contributed by atoms with van der Waals surface area (Å²) in [4.78, 5) is 11.3. The summed E-state index contributed by atoms with van der Waals surface area (Å²) in [6.07, 6.45) is 0. The molecule has 0 saturated heterocycles. The summed E-state index contributed by atoms with van der Waals surface area (Å²) in [5.74, 6) is -0.890. The van der Waals surface area contributed by atoms with Gasteiger partial charge in [0.25, 0.3) is 0 Å². The van der Waals surface area contributed by atoms with Crippen LogP contribution in [0, 0.1) is 0 Å². The largest absolute Gasteiger partial charge is 0.598 e. The van der Waals surface area contributed by atoms with E-state index in [1.807, 2.05) is 0 Å². The molecule has 1 atom stereocenters. The minimum absolute atomic E-state index is 0.138. The number of hydrogen-bond donors (Lipinski definition) is 1. The number of ether oxygens (including phenoxy) is 1. The SMILES string of the molecule is COC(=O)c1cc(Cl)ccc1N[S+]([O-])C(F)(F)F. The first-order valence-electron chi connectivity index (χ1n) is 4.39. The fraction of sp³-hybridized carbons (Fsp3) is 0.222. The Hall–Kier alpha value is -1.12. The van der Waals surface area contributed by atoms with Gasteiger partial charge in [-0.2, -0.15) is 4.72 Å². The van der Waals surface area contributed by atoms with E-state index in [1.165, 1.54) is 6.07 Å². The van der Waals surface area contributed by atoms with E-state index >= 15 is 0 Å². The highest BCUT2D eigenvalue weighted by molar-refractivity contribution is 7.93. The molecule has 1 rings (SSSR count). The first-order valence-corrected chi connectivity index (χ1v) is 5.91. The van der Waals surface area contributed by atoms with E-state index in [0.29, 0.717) is 0 Å². The molecule has 1 unspecified atom stereocenters. The molecule has 1 N–H and O–H groups in total. The highest BCUT2D eigenvalue weighted by atomic mass is 35.5. The van der Waals surface area contributed by atoms with Gasteiger partial charge in [-0.05, 0) is 18.2 Å². The number of methoxy groups -OCH3 is 1. The molecule has 9 heteroatoms. The van der Waals surface area contributed by atoms with Crippen LogP contribution in [0.2, 0.25) is 5.02 Å². The molecule has 0 bridgehead atoms. The molecule has 4 nitrogen and oxygen atoms in total. The van der Waals surface area contributed by atoms with Gasteiger partial charge in [0, 0.05) is 5.02 Å². The number of esters is 1. The molecule has 0 spiro atoms. The Morgan fingerprint density at radius 1 is 1.50 bits per heavy atom. The molecule has 0 saturated carbocycles. The summed E-state index contributed by atoms with van der Waals surface area (Å²) in [6.45, 7) is 0. The minimum atomic E-state index is -4.94. The zero-order valence-corrected chi connectivity index (χ0v) is 10.4. The van der Waals surface area contributed by atoms with Crippen LogP contribution in [0.15, 0.2) is 18.2 Å². The lowest BCUT2D eigenvalue weighted by Crippen LogP contribution is -2.30. The van der Waals surface area contributed by atoms with Crippen LogP contribution in [-0.4, -0.2) is 23.1 Å². The Morgan fingerprint density at radius 3 is 2.61 bits per heavy atom. The van der Waals surface area contributed by atoms with Crippen LogP contribution in [0.4, 0.5) is 18.9 Å². The van der Waals surface area contributed by atoms with Gasteiger partial charge in [-0.25, -0.2) is 4.79 Å². The number of anilines is 1. The highest BCUT2D eigenvalue weighted by Gasteiger charge is 2.46. The zero-order valence-electron chi connectivity index (χ0n) is 8.88. The van der Waals surface area contributed by atoms with Gasteiger partial charge in [-0.15, -0.1) is 13.2 Å². The summed E-state index contributed by atoms with van der Waals surface area (Å²) in [6, 6.07) is 3.48. The molecule has 1 aromatic rings. The van der Waals surface area contributed by atoms with Crippen molar-refractivity contribution < 1.29 is 27.3 Å². The molecule has 0 radical (unpaired) electrons. The molecule has 0 aliphatic heterocycles. The summed E-state index contributed by atoms with van der Waals surface area (Å²) < 4.78 is 53.3. The predicted octanol–water partition coefficient (Wildman–Crippen LogP) is 2.72. The number of alkyl halides is 3. The second kappa shape index (κ2) is 5.68. The highest BCUT2D eigenvalue weighted by Crippen LogP contribution is 2.28. The van der Waals surface area contributed by atoms with Crippen LogP contribution in [0.3, 0.4) is 0 Å². The lowest BCUT2D eigenvalue weighted by atomic mass is 10.2. The quantitative estimate of drug-likeness (QED) is 0.689. The van der Waals surface area contributed by atoms with Crippen LogP contribution < -0.4 is 4.72 Å². The fourth-order valence-electron chi connectivity index (χ4n) is 1.04. The van der Waals surface area contributed by atoms with Crippen LogP contribution >= 0.6 is 11.6 Å². The van der Waals surface area contributed by atoms with E-state index in [0.717, 1.165) is 19.2 Å². The monoisotopic (exact) mass is 301 g/mol. The fourth-order valence-corrected chi connectivity index (χ4v) is 1.71. The lowest BCUT2D eigenvalue weighted by Gasteiger charge is -2.15. The standard InChI is InChI=1S/C9H7ClF3NO3S/c1-17-8(15)6-4-5(10)2-3-7(6)14-18(16)9(11,12)13/h2-4,14H,1H3. The Labute approximate surface area is 108 Å². The molecule has 1 aromatic carbocycles. The third-order valence-corrected chi connectivity index (χ3v) is 2.86. The minimum Gasteiger partial charge on any atom is -0.586 e.